The fourth-order valence-electron chi connectivity index (χ4n) is 4.30. The maximum Gasteiger partial charge on any atom is 0.199 e. The first kappa shape index (κ1) is 20.8. The van der Waals surface area contributed by atoms with Crippen molar-refractivity contribution in [2.75, 3.05) is 25.0 Å². The Bertz CT molecular complexity index is 1060. The van der Waals surface area contributed by atoms with E-state index in [-0.39, 0.29) is 0 Å². The Balaban J connectivity index is 1.53. The van der Waals surface area contributed by atoms with Gasteiger partial charge in [-0.1, -0.05) is 42.5 Å². The third kappa shape index (κ3) is 4.35. The largest absolute Gasteiger partial charge is 0.371 e. The number of piperidine rings is 1. The molecular weight excluding hydrogens is 390 g/mol. The minimum absolute atomic E-state index is 0.660. The van der Waals surface area contributed by atoms with E-state index >= 15 is 0 Å². The van der Waals surface area contributed by atoms with Crippen molar-refractivity contribution in [2.45, 2.75) is 39.4 Å². The lowest BCUT2D eigenvalue weighted by Gasteiger charge is -2.31. The molecule has 5 nitrogen and oxygen atoms in total. The van der Waals surface area contributed by atoms with Crippen molar-refractivity contribution in [3.05, 3.63) is 64.4 Å². The first-order chi connectivity index (χ1) is 14.5. The number of aryl methyl sites for hydroxylation is 1. The fourth-order valence-corrected chi connectivity index (χ4v) is 4.48. The van der Waals surface area contributed by atoms with Gasteiger partial charge in [0.15, 0.2) is 10.6 Å². The Labute approximate surface area is 184 Å². The maximum absolute atomic E-state index is 5.70. The molecule has 0 unspecified atom stereocenters. The van der Waals surface area contributed by atoms with Crippen molar-refractivity contribution >= 4 is 17.9 Å². The van der Waals surface area contributed by atoms with E-state index in [9.17, 15) is 0 Å². The third-order valence-corrected chi connectivity index (χ3v) is 6.42. The van der Waals surface area contributed by atoms with E-state index in [1.165, 1.54) is 36.1 Å². The highest BCUT2D eigenvalue weighted by Gasteiger charge is 2.16. The van der Waals surface area contributed by atoms with Gasteiger partial charge in [-0.05, 0) is 62.6 Å². The molecule has 6 heteroatoms. The van der Waals surface area contributed by atoms with Gasteiger partial charge in [0.25, 0.3) is 0 Å². The van der Waals surface area contributed by atoms with Crippen LogP contribution in [0.25, 0.3) is 11.4 Å². The van der Waals surface area contributed by atoms with Crippen molar-refractivity contribution in [3.63, 3.8) is 0 Å². The van der Waals surface area contributed by atoms with Crippen LogP contribution in [0.2, 0.25) is 0 Å². The molecule has 1 aliphatic rings. The van der Waals surface area contributed by atoms with Crippen LogP contribution in [0, 0.1) is 11.7 Å². The molecule has 158 valence electrons. The first-order valence-corrected chi connectivity index (χ1v) is 11.2. The Morgan fingerprint density at radius 3 is 2.47 bits per heavy atom. The second-order valence-electron chi connectivity index (χ2n) is 8.31. The van der Waals surface area contributed by atoms with Gasteiger partial charge in [0, 0.05) is 37.9 Å². The van der Waals surface area contributed by atoms with E-state index in [1.807, 2.05) is 22.4 Å². The monoisotopic (exact) mass is 421 g/mol. The van der Waals surface area contributed by atoms with Crippen molar-refractivity contribution in [3.8, 4) is 11.4 Å². The first-order valence-electron chi connectivity index (χ1n) is 10.8. The average molecular weight is 422 g/mol. The van der Waals surface area contributed by atoms with Crippen LogP contribution in [0.3, 0.4) is 0 Å². The molecule has 1 aliphatic heterocycles. The number of benzene rings is 2. The SMILES string of the molecule is Cc1ccccc1-c1nn(CN(C)Cc2ccccc2N2CCCCC2)c(=S)n1C. The zero-order valence-corrected chi connectivity index (χ0v) is 19.0. The standard InChI is InChI=1S/C24H31N5S/c1-19-11-5-7-13-21(19)23-25-29(24(30)27(23)3)18-26(2)17-20-12-6-8-14-22(20)28-15-9-4-10-16-28/h5-8,11-14H,4,9-10,15-18H2,1-3H3. The molecule has 1 fully saturated rings. The highest BCUT2D eigenvalue weighted by atomic mass is 32.1. The average Bonchev–Trinajstić information content (AvgIpc) is 3.03. The van der Waals surface area contributed by atoms with Gasteiger partial charge in [-0.2, -0.15) is 5.10 Å². The lowest BCUT2D eigenvalue weighted by molar-refractivity contribution is 0.244. The summed E-state index contributed by atoms with van der Waals surface area (Å²) in [6, 6.07) is 17.1. The second kappa shape index (κ2) is 9.14. The summed E-state index contributed by atoms with van der Waals surface area (Å²) in [6.45, 7) is 5.95. The molecule has 1 saturated heterocycles. The summed E-state index contributed by atoms with van der Waals surface area (Å²) in [5, 5.41) is 4.86. The molecule has 3 aromatic rings. The summed E-state index contributed by atoms with van der Waals surface area (Å²) in [6.07, 6.45) is 3.92. The van der Waals surface area contributed by atoms with E-state index in [1.54, 1.807) is 0 Å². The number of para-hydroxylation sites is 1. The molecule has 4 rings (SSSR count). The molecule has 0 radical (unpaired) electrons. The Kier molecular flexibility index (Phi) is 6.35. The van der Waals surface area contributed by atoms with Gasteiger partial charge in [-0.15, -0.1) is 0 Å². The number of hydrogen-bond acceptors (Lipinski definition) is 4. The number of anilines is 1. The van der Waals surface area contributed by atoms with Crippen molar-refractivity contribution in [2.24, 2.45) is 7.05 Å². The van der Waals surface area contributed by atoms with Crippen molar-refractivity contribution in [1.82, 2.24) is 19.2 Å². The number of aromatic nitrogens is 3. The molecule has 2 aromatic carbocycles. The molecule has 1 aromatic heterocycles. The molecule has 0 amide bonds. The predicted octanol–water partition coefficient (Wildman–Crippen LogP) is 5.01. The molecule has 0 aliphatic carbocycles. The molecule has 0 saturated carbocycles. The van der Waals surface area contributed by atoms with E-state index in [0.717, 1.165) is 35.8 Å². The summed E-state index contributed by atoms with van der Waals surface area (Å²) >= 11 is 5.70. The van der Waals surface area contributed by atoms with Crippen molar-refractivity contribution < 1.29 is 0 Å². The van der Waals surface area contributed by atoms with Crippen LogP contribution >= 0.6 is 12.2 Å². The molecule has 0 N–H and O–H groups in total. The van der Waals surface area contributed by atoms with Gasteiger partial charge in [0.1, 0.15) is 0 Å². The van der Waals surface area contributed by atoms with Crippen LogP contribution < -0.4 is 4.90 Å². The number of rotatable bonds is 6. The maximum atomic E-state index is 5.70. The van der Waals surface area contributed by atoms with Gasteiger partial charge in [-0.25, -0.2) is 4.68 Å². The van der Waals surface area contributed by atoms with Crippen LogP contribution in [0.4, 0.5) is 5.69 Å². The van der Waals surface area contributed by atoms with Gasteiger partial charge < -0.3 is 9.47 Å². The Morgan fingerprint density at radius 1 is 1.00 bits per heavy atom. The zero-order chi connectivity index (χ0) is 21.1. The molecule has 2 heterocycles. The van der Waals surface area contributed by atoms with E-state index in [0.29, 0.717) is 6.67 Å². The molecule has 0 bridgehead atoms. The van der Waals surface area contributed by atoms with Crippen LogP contribution in [-0.4, -0.2) is 39.4 Å². The van der Waals surface area contributed by atoms with Gasteiger partial charge in [-0.3, -0.25) is 4.90 Å². The lowest BCUT2D eigenvalue weighted by atomic mass is 10.1. The second-order valence-corrected chi connectivity index (χ2v) is 8.68. The van der Waals surface area contributed by atoms with Crippen LogP contribution in [0.5, 0.6) is 0 Å². The predicted molar refractivity (Wildman–Crippen MR) is 126 cm³/mol. The molecular formula is C24H31N5S. The van der Waals surface area contributed by atoms with Crippen molar-refractivity contribution in [1.29, 1.82) is 0 Å². The normalized spacial score (nSPS) is 14.5. The van der Waals surface area contributed by atoms with E-state index in [4.69, 9.17) is 17.3 Å². The van der Waals surface area contributed by atoms with E-state index in [2.05, 4.69) is 66.2 Å². The van der Waals surface area contributed by atoms with E-state index < -0.39 is 0 Å². The third-order valence-electron chi connectivity index (χ3n) is 5.93. The van der Waals surface area contributed by atoms with Crippen LogP contribution in [0.15, 0.2) is 48.5 Å². The molecule has 0 spiro atoms. The minimum atomic E-state index is 0.660. The fraction of sp³-hybridized carbons (Fsp3) is 0.417. The number of hydrogen-bond donors (Lipinski definition) is 0. The summed E-state index contributed by atoms with van der Waals surface area (Å²) in [7, 11) is 4.14. The smallest absolute Gasteiger partial charge is 0.199 e. The van der Waals surface area contributed by atoms with Crippen LogP contribution in [-0.2, 0) is 20.3 Å². The van der Waals surface area contributed by atoms with Crippen LogP contribution in [0.1, 0.15) is 30.4 Å². The van der Waals surface area contributed by atoms with Gasteiger partial charge in [0.05, 0.1) is 6.67 Å². The quantitative estimate of drug-likeness (QED) is 0.524. The summed E-state index contributed by atoms with van der Waals surface area (Å²) in [5.41, 5.74) is 5.07. The Hall–Kier alpha value is -2.44. The zero-order valence-electron chi connectivity index (χ0n) is 18.2. The summed E-state index contributed by atoms with van der Waals surface area (Å²) in [4.78, 5) is 4.82. The molecule has 0 atom stereocenters. The van der Waals surface area contributed by atoms with Gasteiger partial charge >= 0.3 is 0 Å². The minimum Gasteiger partial charge on any atom is -0.371 e. The highest BCUT2D eigenvalue weighted by Crippen LogP contribution is 2.25. The summed E-state index contributed by atoms with van der Waals surface area (Å²) < 4.78 is 4.68. The van der Waals surface area contributed by atoms with Gasteiger partial charge in [0.2, 0.25) is 0 Å². The number of nitrogens with zero attached hydrogens (tertiary/aromatic N) is 5. The molecule has 30 heavy (non-hydrogen) atoms. The highest BCUT2D eigenvalue weighted by molar-refractivity contribution is 7.71. The Morgan fingerprint density at radius 2 is 1.70 bits per heavy atom. The lowest BCUT2D eigenvalue weighted by Crippen LogP contribution is -2.31. The topological polar surface area (TPSA) is 29.2 Å². The summed E-state index contributed by atoms with van der Waals surface area (Å²) in [5.74, 6) is 0.917.